The molecular formula is C24H32N2O3. The van der Waals surface area contributed by atoms with Gasteiger partial charge in [-0.2, -0.15) is 0 Å². The maximum absolute atomic E-state index is 12.7. The van der Waals surface area contributed by atoms with Gasteiger partial charge in [-0.25, -0.2) is 0 Å². The van der Waals surface area contributed by atoms with E-state index in [1.54, 1.807) is 19.2 Å². The second-order valence-corrected chi connectivity index (χ2v) is 8.10. The molecule has 5 heteroatoms. The van der Waals surface area contributed by atoms with E-state index in [0.29, 0.717) is 6.42 Å². The summed E-state index contributed by atoms with van der Waals surface area (Å²) in [6.07, 6.45) is 5.25. The standard InChI is InChI=1S/C24H32N2O3/c1-26(2)19(15-17-7-11-20(27)12-8-17)10-14-24(28)25-23-6-4-5-18-9-13-21(29-3)16-22(18)23/h7-9,11-13,16,19,23,27H,4-6,10,14-15H2,1-3H3,(H,25,28)/t19-,23?/m1/s1. The first-order chi connectivity index (χ1) is 14.0. The van der Waals surface area contributed by atoms with Gasteiger partial charge in [-0.05, 0) is 87.2 Å². The fourth-order valence-corrected chi connectivity index (χ4v) is 4.07. The molecule has 1 unspecified atom stereocenters. The van der Waals surface area contributed by atoms with Crippen LogP contribution in [0.4, 0.5) is 0 Å². The average Bonchev–Trinajstić information content (AvgIpc) is 2.72. The number of rotatable bonds is 8. The molecule has 1 amide bonds. The monoisotopic (exact) mass is 396 g/mol. The predicted octanol–water partition coefficient (Wildman–Crippen LogP) is 3.85. The first-order valence-corrected chi connectivity index (χ1v) is 10.4. The van der Waals surface area contributed by atoms with Gasteiger partial charge < -0.3 is 20.1 Å². The number of nitrogens with zero attached hydrogens (tertiary/aromatic N) is 1. The van der Waals surface area contributed by atoms with Crippen LogP contribution in [0.2, 0.25) is 0 Å². The molecule has 0 aliphatic heterocycles. The van der Waals surface area contributed by atoms with Gasteiger partial charge in [0, 0.05) is 12.5 Å². The molecule has 3 rings (SSSR count). The van der Waals surface area contributed by atoms with Gasteiger partial charge in [-0.15, -0.1) is 0 Å². The molecule has 5 nitrogen and oxygen atoms in total. The van der Waals surface area contributed by atoms with Gasteiger partial charge in [0.1, 0.15) is 11.5 Å². The molecule has 1 aliphatic carbocycles. The number of fused-ring (bicyclic) bond motifs is 1. The van der Waals surface area contributed by atoms with Gasteiger partial charge >= 0.3 is 0 Å². The Morgan fingerprint density at radius 1 is 1.24 bits per heavy atom. The molecule has 0 heterocycles. The summed E-state index contributed by atoms with van der Waals surface area (Å²) in [5, 5.41) is 12.7. The number of phenolic OH excluding ortho intramolecular Hbond substituents is 1. The molecule has 2 N–H and O–H groups in total. The zero-order valence-corrected chi connectivity index (χ0v) is 17.6. The zero-order valence-electron chi connectivity index (χ0n) is 17.6. The molecule has 0 bridgehead atoms. The molecule has 156 valence electrons. The topological polar surface area (TPSA) is 61.8 Å². The van der Waals surface area contributed by atoms with Gasteiger partial charge in [-0.3, -0.25) is 4.79 Å². The average molecular weight is 397 g/mol. The summed E-state index contributed by atoms with van der Waals surface area (Å²) in [4.78, 5) is 14.9. The molecular weight excluding hydrogens is 364 g/mol. The van der Waals surface area contributed by atoms with Crippen LogP contribution in [0.15, 0.2) is 42.5 Å². The molecule has 0 fully saturated rings. The fraction of sp³-hybridized carbons (Fsp3) is 0.458. The number of aryl methyl sites for hydroxylation is 1. The lowest BCUT2D eigenvalue weighted by molar-refractivity contribution is -0.122. The SMILES string of the molecule is COc1ccc2c(c1)C(NC(=O)CC[C@H](Cc1ccc(O)cc1)N(C)C)CCC2. The summed E-state index contributed by atoms with van der Waals surface area (Å²) in [5.41, 5.74) is 3.66. The van der Waals surface area contributed by atoms with Gasteiger partial charge in [0.05, 0.1) is 13.2 Å². The highest BCUT2D eigenvalue weighted by molar-refractivity contribution is 5.76. The third-order valence-electron chi connectivity index (χ3n) is 5.85. The lowest BCUT2D eigenvalue weighted by Gasteiger charge is -2.28. The maximum atomic E-state index is 12.7. The number of hydrogen-bond acceptors (Lipinski definition) is 4. The molecule has 0 spiro atoms. The Morgan fingerprint density at radius 3 is 2.69 bits per heavy atom. The number of hydrogen-bond donors (Lipinski definition) is 2. The van der Waals surface area contributed by atoms with Crippen molar-refractivity contribution in [2.75, 3.05) is 21.2 Å². The molecule has 2 aromatic rings. The number of benzene rings is 2. The number of aromatic hydroxyl groups is 1. The maximum Gasteiger partial charge on any atom is 0.220 e. The van der Waals surface area contributed by atoms with E-state index in [9.17, 15) is 9.90 Å². The lowest BCUT2D eigenvalue weighted by Crippen LogP contribution is -2.34. The highest BCUT2D eigenvalue weighted by Crippen LogP contribution is 2.32. The van der Waals surface area contributed by atoms with E-state index in [2.05, 4.69) is 22.3 Å². The number of methoxy groups -OCH3 is 1. The van der Waals surface area contributed by atoms with E-state index < -0.39 is 0 Å². The van der Waals surface area contributed by atoms with Crippen LogP contribution in [-0.2, 0) is 17.6 Å². The quantitative estimate of drug-likeness (QED) is 0.712. The number of carbonyl (C=O) groups is 1. The summed E-state index contributed by atoms with van der Waals surface area (Å²) in [5.74, 6) is 1.22. The van der Waals surface area contributed by atoms with Crippen LogP contribution in [0.3, 0.4) is 0 Å². The lowest BCUT2D eigenvalue weighted by atomic mass is 9.87. The van der Waals surface area contributed by atoms with Crippen molar-refractivity contribution in [2.24, 2.45) is 0 Å². The highest BCUT2D eigenvalue weighted by atomic mass is 16.5. The molecule has 2 aromatic carbocycles. The van der Waals surface area contributed by atoms with Crippen LogP contribution in [-0.4, -0.2) is 43.2 Å². The van der Waals surface area contributed by atoms with Gasteiger partial charge in [0.2, 0.25) is 5.91 Å². The third-order valence-corrected chi connectivity index (χ3v) is 5.85. The van der Waals surface area contributed by atoms with Crippen LogP contribution >= 0.6 is 0 Å². The van der Waals surface area contributed by atoms with Crippen molar-refractivity contribution in [1.29, 1.82) is 0 Å². The van der Waals surface area contributed by atoms with Gasteiger partial charge in [-0.1, -0.05) is 18.2 Å². The van der Waals surface area contributed by atoms with Crippen LogP contribution in [0.1, 0.15) is 48.4 Å². The molecule has 0 aromatic heterocycles. The number of carbonyl (C=O) groups excluding carboxylic acids is 1. The fourth-order valence-electron chi connectivity index (χ4n) is 4.07. The van der Waals surface area contributed by atoms with E-state index in [4.69, 9.17) is 4.74 Å². The van der Waals surface area contributed by atoms with E-state index in [1.165, 1.54) is 11.1 Å². The molecule has 2 atom stereocenters. The molecule has 1 aliphatic rings. The van der Waals surface area contributed by atoms with E-state index >= 15 is 0 Å². The third kappa shape index (κ3) is 5.73. The van der Waals surface area contributed by atoms with Crippen molar-refractivity contribution in [3.05, 3.63) is 59.2 Å². The van der Waals surface area contributed by atoms with Crippen LogP contribution in [0.5, 0.6) is 11.5 Å². The van der Waals surface area contributed by atoms with E-state index in [0.717, 1.165) is 43.4 Å². The Kier molecular flexibility index (Phi) is 7.15. The van der Waals surface area contributed by atoms with Crippen molar-refractivity contribution in [2.45, 2.75) is 50.6 Å². The van der Waals surface area contributed by atoms with Crippen molar-refractivity contribution < 1.29 is 14.6 Å². The molecule has 29 heavy (non-hydrogen) atoms. The van der Waals surface area contributed by atoms with Crippen LogP contribution in [0, 0.1) is 0 Å². The second kappa shape index (κ2) is 9.79. The Morgan fingerprint density at radius 2 is 2.00 bits per heavy atom. The van der Waals surface area contributed by atoms with Crippen molar-refractivity contribution in [1.82, 2.24) is 10.2 Å². The van der Waals surface area contributed by atoms with E-state index in [1.807, 2.05) is 32.3 Å². The van der Waals surface area contributed by atoms with Crippen LogP contribution in [0.25, 0.3) is 0 Å². The first kappa shape index (κ1) is 21.2. The normalized spacial score (nSPS) is 16.9. The first-order valence-electron chi connectivity index (χ1n) is 10.4. The molecule has 0 saturated carbocycles. The zero-order chi connectivity index (χ0) is 20.8. The number of nitrogens with one attached hydrogen (secondary N) is 1. The Bertz CT molecular complexity index is 817. The summed E-state index contributed by atoms with van der Waals surface area (Å²) >= 11 is 0. The van der Waals surface area contributed by atoms with Crippen molar-refractivity contribution >= 4 is 5.91 Å². The van der Waals surface area contributed by atoms with Crippen molar-refractivity contribution in [3.63, 3.8) is 0 Å². The number of likely N-dealkylation sites (N-methyl/N-ethyl adjacent to an activating group) is 1. The smallest absolute Gasteiger partial charge is 0.220 e. The minimum absolute atomic E-state index is 0.0660. The van der Waals surface area contributed by atoms with Crippen LogP contribution < -0.4 is 10.1 Å². The van der Waals surface area contributed by atoms with Gasteiger partial charge in [0.15, 0.2) is 0 Å². The summed E-state index contributed by atoms with van der Waals surface area (Å²) in [7, 11) is 5.77. The predicted molar refractivity (Wildman–Crippen MR) is 115 cm³/mol. The summed E-state index contributed by atoms with van der Waals surface area (Å²) in [6.45, 7) is 0. The number of amides is 1. The van der Waals surface area contributed by atoms with Gasteiger partial charge in [0.25, 0.3) is 0 Å². The van der Waals surface area contributed by atoms with Crippen molar-refractivity contribution in [3.8, 4) is 11.5 Å². The largest absolute Gasteiger partial charge is 0.508 e. The summed E-state index contributed by atoms with van der Waals surface area (Å²) in [6, 6.07) is 13.8. The highest BCUT2D eigenvalue weighted by Gasteiger charge is 2.23. The minimum atomic E-state index is 0.0660. The second-order valence-electron chi connectivity index (χ2n) is 8.10. The Labute approximate surface area is 173 Å². The molecule has 0 radical (unpaired) electrons. The summed E-state index contributed by atoms with van der Waals surface area (Å²) < 4.78 is 5.37. The number of phenols is 1. The minimum Gasteiger partial charge on any atom is -0.508 e. The Hall–Kier alpha value is -2.53. The van der Waals surface area contributed by atoms with E-state index in [-0.39, 0.29) is 23.7 Å². The Balaban J connectivity index is 1.58. The molecule has 0 saturated heterocycles. The number of ether oxygens (including phenoxy) is 1.